The molecule has 0 unspecified atom stereocenters. The Hall–Kier alpha value is -1.95. The predicted octanol–water partition coefficient (Wildman–Crippen LogP) is 1.65. The van der Waals surface area contributed by atoms with Gasteiger partial charge in [0, 0.05) is 12.1 Å². The predicted molar refractivity (Wildman–Crippen MR) is 75.1 cm³/mol. The van der Waals surface area contributed by atoms with Crippen molar-refractivity contribution in [1.29, 1.82) is 0 Å². The molecule has 5 nitrogen and oxygen atoms in total. The van der Waals surface area contributed by atoms with Crippen molar-refractivity contribution in [3.63, 3.8) is 0 Å². The molecule has 1 aromatic carbocycles. The van der Waals surface area contributed by atoms with Gasteiger partial charge in [0.05, 0.1) is 11.2 Å². The van der Waals surface area contributed by atoms with Gasteiger partial charge in [0.2, 0.25) is 11.8 Å². The van der Waals surface area contributed by atoms with Crippen molar-refractivity contribution >= 4 is 23.2 Å². The Morgan fingerprint density at radius 2 is 2.05 bits per heavy atom. The number of likely N-dealkylation sites (N-methyl/N-ethyl adjacent to an activating group) is 1. The lowest BCUT2D eigenvalue weighted by Gasteiger charge is -2.24. The highest BCUT2D eigenvalue weighted by Crippen LogP contribution is 2.29. The summed E-state index contributed by atoms with van der Waals surface area (Å²) in [6, 6.07) is 2.82. The summed E-state index contributed by atoms with van der Waals surface area (Å²) in [6.07, 6.45) is 0.860. The van der Waals surface area contributed by atoms with Crippen LogP contribution in [-0.4, -0.2) is 24.4 Å². The Bertz CT molecular complexity index is 570. The smallest absolute Gasteiger partial charge is 0.244 e. The van der Waals surface area contributed by atoms with Crippen molar-refractivity contribution in [2.45, 2.75) is 32.2 Å². The molecule has 2 rings (SSSR count). The molecule has 6 heteroatoms. The van der Waals surface area contributed by atoms with Crippen LogP contribution in [-0.2, 0) is 16.0 Å². The fraction of sp³-hybridized carbons (Fsp3) is 0.429. The van der Waals surface area contributed by atoms with Crippen LogP contribution in [0.1, 0.15) is 25.8 Å². The Morgan fingerprint density at radius 3 is 2.70 bits per heavy atom. The summed E-state index contributed by atoms with van der Waals surface area (Å²) < 4.78 is 14.0. The highest BCUT2D eigenvalue weighted by Gasteiger charge is 2.26. The van der Waals surface area contributed by atoms with Crippen LogP contribution in [0.3, 0.4) is 0 Å². The average Bonchev–Trinajstić information content (AvgIpc) is 2.40. The second-order valence-corrected chi connectivity index (χ2v) is 5.37. The molecule has 0 radical (unpaired) electrons. The van der Waals surface area contributed by atoms with Crippen LogP contribution in [0.5, 0.6) is 0 Å². The normalized spacial score (nSPS) is 14.5. The molecule has 0 spiro atoms. The minimum Gasteiger partial charge on any atom is -0.326 e. The first kappa shape index (κ1) is 14.5. The molecule has 108 valence electrons. The second kappa shape index (κ2) is 5.20. The van der Waals surface area contributed by atoms with Crippen LogP contribution in [0.15, 0.2) is 12.1 Å². The second-order valence-electron chi connectivity index (χ2n) is 5.37. The number of anilines is 2. The maximum atomic E-state index is 14.0. The van der Waals surface area contributed by atoms with E-state index in [1.807, 2.05) is 0 Å². The van der Waals surface area contributed by atoms with E-state index in [1.54, 1.807) is 20.9 Å². The van der Waals surface area contributed by atoms with Gasteiger partial charge in [0.25, 0.3) is 0 Å². The summed E-state index contributed by atoms with van der Waals surface area (Å²) in [4.78, 5) is 23.4. The summed E-state index contributed by atoms with van der Waals surface area (Å²) in [5.41, 5.74) is 0.554. The third kappa shape index (κ3) is 2.80. The Morgan fingerprint density at radius 1 is 1.35 bits per heavy atom. The van der Waals surface area contributed by atoms with Crippen LogP contribution < -0.4 is 16.0 Å². The molecule has 1 aromatic rings. The number of benzene rings is 1. The van der Waals surface area contributed by atoms with Gasteiger partial charge < -0.3 is 16.0 Å². The molecule has 1 aliphatic heterocycles. The van der Waals surface area contributed by atoms with Gasteiger partial charge in [0.15, 0.2) is 0 Å². The van der Waals surface area contributed by atoms with Crippen molar-refractivity contribution in [1.82, 2.24) is 5.32 Å². The van der Waals surface area contributed by atoms with Gasteiger partial charge >= 0.3 is 0 Å². The van der Waals surface area contributed by atoms with Crippen LogP contribution in [0.2, 0.25) is 0 Å². The quantitative estimate of drug-likeness (QED) is 0.788. The topological polar surface area (TPSA) is 70.2 Å². The fourth-order valence-electron chi connectivity index (χ4n) is 1.89. The summed E-state index contributed by atoms with van der Waals surface area (Å²) >= 11 is 0. The van der Waals surface area contributed by atoms with E-state index in [0.29, 0.717) is 18.5 Å². The Labute approximate surface area is 116 Å². The average molecular weight is 279 g/mol. The van der Waals surface area contributed by atoms with E-state index in [2.05, 4.69) is 16.0 Å². The van der Waals surface area contributed by atoms with Crippen molar-refractivity contribution in [2.75, 3.05) is 17.7 Å². The van der Waals surface area contributed by atoms with Crippen LogP contribution >= 0.6 is 0 Å². The highest BCUT2D eigenvalue weighted by molar-refractivity contribution is 5.99. The van der Waals surface area contributed by atoms with E-state index in [-0.39, 0.29) is 17.5 Å². The molecular weight excluding hydrogens is 261 g/mol. The number of carbonyl (C=O) groups excluding carboxylic acids is 2. The first-order chi connectivity index (χ1) is 9.33. The molecule has 0 aliphatic carbocycles. The molecule has 0 saturated heterocycles. The number of nitrogens with one attached hydrogen (secondary N) is 3. The van der Waals surface area contributed by atoms with Gasteiger partial charge in [-0.15, -0.1) is 0 Å². The molecule has 1 heterocycles. The van der Waals surface area contributed by atoms with Gasteiger partial charge in [-0.1, -0.05) is 0 Å². The number of hydrogen-bond acceptors (Lipinski definition) is 3. The maximum absolute atomic E-state index is 14.0. The molecule has 2 amide bonds. The summed E-state index contributed by atoms with van der Waals surface area (Å²) in [6.45, 7) is 3.39. The van der Waals surface area contributed by atoms with E-state index in [1.165, 1.54) is 12.1 Å². The molecule has 0 atom stereocenters. The number of carbonyl (C=O) groups is 2. The molecule has 3 N–H and O–H groups in total. The molecule has 0 fully saturated rings. The lowest BCUT2D eigenvalue weighted by molar-refractivity contribution is -0.121. The monoisotopic (exact) mass is 279 g/mol. The molecule has 1 aliphatic rings. The zero-order valence-electron chi connectivity index (χ0n) is 11.8. The highest BCUT2D eigenvalue weighted by atomic mass is 19.1. The number of amides is 2. The summed E-state index contributed by atoms with van der Waals surface area (Å²) in [5.74, 6) is -0.946. The van der Waals surface area contributed by atoms with Crippen molar-refractivity contribution in [2.24, 2.45) is 0 Å². The lowest BCUT2D eigenvalue weighted by Crippen LogP contribution is -2.48. The van der Waals surface area contributed by atoms with Crippen molar-refractivity contribution < 1.29 is 14.0 Å². The van der Waals surface area contributed by atoms with Crippen LogP contribution in [0.25, 0.3) is 0 Å². The molecule has 0 bridgehead atoms. The first-order valence-corrected chi connectivity index (χ1v) is 6.46. The van der Waals surface area contributed by atoms with Crippen LogP contribution in [0, 0.1) is 5.82 Å². The fourth-order valence-corrected chi connectivity index (χ4v) is 1.89. The van der Waals surface area contributed by atoms with Gasteiger partial charge in [-0.05, 0) is 45.0 Å². The van der Waals surface area contributed by atoms with Crippen molar-refractivity contribution in [3.05, 3.63) is 23.5 Å². The van der Waals surface area contributed by atoms with E-state index >= 15 is 0 Å². The molecular formula is C14H18FN3O2. The van der Waals surface area contributed by atoms with E-state index in [0.717, 1.165) is 5.56 Å². The number of fused-ring (bicyclic) bond motifs is 1. The van der Waals surface area contributed by atoms with Gasteiger partial charge in [0.1, 0.15) is 5.82 Å². The number of aryl methyl sites for hydroxylation is 1. The third-order valence-corrected chi connectivity index (χ3v) is 3.53. The van der Waals surface area contributed by atoms with Gasteiger partial charge in [-0.2, -0.15) is 0 Å². The Balaban J connectivity index is 2.27. The Kier molecular flexibility index (Phi) is 3.76. The first-order valence-electron chi connectivity index (χ1n) is 6.46. The van der Waals surface area contributed by atoms with E-state index in [9.17, 15) is 14.0 Å². The maximum Gasteiger partial charge on any atom is 0.244 e. The summed E-state index contributed by atoms with van der Waals surface area (Å²) in [7, 11) is 1.66. The minimum absolute atomic E-state index is 0.0688. The largest absolute Gasteiger partial charge is 0.326 e. The third-order valence-electron chi connectivity index (χ3n) is 3.53. The molecule has 0 aromatic heterocycles. The molecule has 20 heavy (non-hydrogen) atoms. The SMILES string of the molecule is CNC(C)(C)C(=O)Nc1cc2c(cc1F)CCC(=O)N2. The zero-order chi connectivity index (χ0) is 14.9. The van der Waals surface area contributed by atoms with Gasteiger partial charge in [-0.3, -0.25) is 9.59 Å². The van der Waals surface area contributed by atoms with Crippen molar-refractivity contribution in [3.8, 4) is 0 Å². The lowest BCUT2D eigenvalue weighted by atomic mass is 10.0. The minimum atomic E-state index is -0.814. The molecule has 0 saturated carbocycles. The van der Waals surface area contributed by atoms with E-state index < -0.39 is 11.4 Å². The number of halogens is 1. The standard InChI is InChI=1S/C14H18FN3O2/c1-14(2,16-3)13(20)18-11-7-10-8(6-9(11)15)4-5-12(19)17-10/h6-7,16H,4-5H2,1-3H3,(H,17,19)(H,18,20). The number of rotatable bonds is 3. The number of hydrogen-bond donors (Lipinski definition) is 3. The van der Waals surface area contributed by atoms with Gasteiger partial charge in [-0.25, -0.2) is 4.39 Å². The summed E-state index contributed by atoms with van der Waals surface area (Å²) in [5, 5.41) is 8.07. The zero-order valence-corrected chi connectivity index (χ0v) is 11.8. The van der Waals surface area contributed by atoms with E-state index in [4.69, 9.17) is 0 Å². The van der Waals surface area contributed by atoms with Crippen LogP contribution in [0.4, 0.5) is 15.8 Å².